The third-order valence-corrected chi connectivity index (χ3v) is 7.36. The van der Waals surface area contributed by atoms with E-state index in [-0.39, 0.29) is 18.1 Å². The van der Waals surface area contributed by atoms with Crippen molar-refractivity contribution in [3.8, 4) is 0 Å². The van der Waals surface area contributed by atoms with Crippen LogP contribution in [0.4, 0.5) is 35.4 Å². The second-order valence-electron chi connectivity index (χ2n) is 12.3. The molecule has 3 aromatic carbocycles. The van der Waals surface area contributed by atoms with Crippen molar-refractivity contribution in [3.63, 3.8) is 0 Å². The number of hydrogen-bond donors (Lipinski definition) is 3. The summed E-state index contributed by atoms with van der Waals surface area (Å²) in [5.74, 6) is -2.42. The Hall–Kier alpha value is -4.55. The van der Waals surface area contributed by atoms with Gasteiger partial charge in [0.05, 0.1) is 11.4 Å². The van der Waals surface area contributed by atoms with Gasteiger partial charge in [-0.1, -0.05) is 24.3 Å². The van der Waals surface area contributed by atoms with Crippen molar-refractivity contribution in [3.05, 3.63) is 89.5 Å². The number of amides is 4. The molecule has 0 unspecified atom stereocenters. The first-order valence-electron chi connectivity index (χ1n) is 15.3. The number of hydrogen-bond acceptors (Lipinski definition) is 6. The van der Waals surface area contributed by atoms with Crippen molar-refractivity contribution >= 4 is 35.1 Å². The molecule has 4 rings (SSSR count). The summed E-state index contributed by atoms with van der Waals surface area (Å²) in [6.07, 6.45) is 0.0896. The van der Waals surface area contributed by atoms with E-state index in [0.717, 1.165) is 56.8 Å². The summed E-state index contributed by atoms with van der Waals surface area (Å²) >= 11 is 0. The lowest BCUT2D eigenvalue weighted by atomic mass is 10.1. The average molecular weight is 637 g/mol. The molecule has 0 spiro atoms. The number of ether oxygens (including phenoxy) is 1. The first-order chi connectivity index (χ1) is 21.9. The number of carbonyl (C=O) groups excluding carboxylic acids is 3. The van der Waals surface area contributed by atoms with E-state index in [1.165, 1.54) is 6.07 Å². The van der Waals surface area contributed by atoms with Gasteiger partial charge in [-0.15, -0.1) is 0 Å². The highest BCUT2D eigenvalue weighted by molar-refractivity contribution is 6.06. The Morgan fingerprint density at radius 2 is 1.50 bits per heavy atom. The summed E-state index contributed by atoms with van der Waals surface area (Å²) in [5, 5.41) is 8.16. The van der Waals surface area contributed by atoms with Crippen molar-refractivity contribution in [2.45, 2.75) is 39.3 Å². The molecule has 10 nitrogen and oxygen atoms in total. The van der Waals surface area contributed by atoms with E-state index < -0.39 is 29.4 Å². The molecule has 0 bridgehead atoms. The lowest BCUT2D eigenvalue weighted by Gasteiger charge is -2.33. The van der Waals surface area contributed by atoms with E-state index in [2.05, 4.69) is 32.8 Å². The van der Waals surface area contributed by atoms with Gasteiger partial charge in [-0.3, -0.25) is 10.1 Å². The highest BCUT2D eigenvalue weighted by atomic mass is 19.2. The van der Waals surface area contributed by atoms with Gasteiger partial charge in [0.25, 0.3) is 5.91 Å². The molecular formula is C34H42F2N6O4. The number of likely N-dealkylation sites (N-methyl/N-ethyl adjacent to an activating group) is 1. The minimum absolute atomic E-state index is 0.154. The number of halogens is 2. The number of para-hydroxylation sites is 2. The first kappa shape index (κ1) is 34.3. The number of urea groups is 1. The predicted octanol–water partition coefficient (Wildman–Crippen LogP) is 6.24. The van der Waals surface area contributed by atoms with Gasteiger partial charge in [0.15, 0.2) is 11.6 Å². The molecule has 246 valence electrons. The third-order valence-electron chi connectivity index (χ3n) is 7.36. The first-order valence-corrected chi connectivity index (χ1v) is 15.3. The van der Waals surface area contributed by atoms with E-state index in [9.17, 15) is 23.2 Å². The minimum atomic E-state index is -1.04. The van der Waals surface area contributed by atoms with Crippen LogP contribution in [-0.4, -0.2) is 84.6 Å². The standard InChI is InChI=1S/C34H42F2N6O4/c1-34(2,3)46-33(45)39-30-9-6-5-8-29(30)38-31(43)25-12-10-24(11-13-25)23-42(17-7-16-41-20-18-40(4)19-21-41)32(44)37-26-14-15-27(35)28(36)22-26/h5-6,8-15,22H,7,16-21,23H2,1-4H3,(H,37,44)(H,38,43)(H,39,45). The Labute approximate surface area is 268 Å². The number of rotatable bonds is 10. The molecule has 4 amide bonds. The Balaban J connectivity index is 1.41. The van der Waals surface area contributed by atoms with Crippen molar-refractivity contribution in [2.24, 2.45) is 0 Å². The maximum absolute atomic E-state index is 13.8. The Morgan fingerprint density at radius 1 is 0.848 bits per heavy atom. The third kappa shape index (κ3) is 10.5. The molecule has 3 N–H and O–H groups in total. The maximum Gasteiger partial charge on any atom is 0.412 e. The van der Waals surface area contributed by atoms with Gasteiger partial charge in [-0.2, -0.15) is 0 Å². The highest BCUT2D eigenvalue weighted by Crippen LogP contribution is 2.23. The van der Waals surface area contributed by atoms with E-state index >= 15 is 0 Å². The number of benzene rings is 3. The topological polar surface area (TPSA) is 106 Å². The van der Waals surface area contributed by atoms with Gasteiger partial charge < -0.3 is 30.1 Å². The highest BCUT2D eigenvalue weighted by Gasteiger charge is 2.20. The second kappa shape index (κ2) is 15.6. The zero-order chi connectivity index (χ0) is 33.3. The predicted molar refractivity (Wildman–Crippen MR) is 175 cm³/mol. The molecule has 1 fully saturated rings. The van der Waals surface area contributed by atoms with Gasteiger partial charge >= 0.3 is 12.1 Å². The maximum atomic E-state index is 13.8. The van der Waals surface area contributed by atoms with Crippen molar-refractivity contribution in [2.75, 3.05) is 62.3 Å². The van der Waals surface area contributed by atoms with Crippen LogP contribution in [0.1, 0.15) is 43.1 Å². The Kier molecular flexibility index (Phi) is 11.7. The fourth-order valence-corrected chi connectivity index (χ4v) is 4.88. The fourth-order valence-electron chi connectivity index (χ4n) is 4.88. The molecule has 0 aliphatic carbocycles. The molecule has 3 aromatic rings. The molecule has 0 saturated carbocycles. The van der Waals surface area contributed by atoms with Crippen LogP contribution in [0.15, 0.2) is 66.7 Å². The normalized spacial score (nSPS) is 14.0. The number of nitrogens with one attached hydrogen (secondary N) is 3. The van der Waals surface area contributed by atoms with E-state index in [0.29, 0.717) is 23.5 Å². The van der Waals surface area contributed by atoms with Crippen LogP contribution >= 0.6 is 0 Å². The molecule has 1 heterocycles. The molecule has 1 aliphatic heterocycles. The lowest BCUT2D eigenvalue weighted by Crippen LogP contribution is -2.45. The molecular weight excluding hydrogens is 594 g/mol. The van der Waals surface area contributed by atoms with Crippen LogP contribution in [0.25, 0.3) is 0 Å². The van der Waals surface area contributed by atoms with E-state index in [4.69, 9.17) is 4.74 Å². The average Bonchev–Trinajstić information content (AvgIpc) is 3.00. The van der Waals surface area contributed by atoms with Crippen LogP contribution in [0.2, 0.25) is 0 Å². The quantitative estimate of drug-likeness (QED) is 0.244. The van der Waals surface area contributed by atoms with Crippen molar-refractivity contribution in [1.82, 2.24) is 14.7 Å². The molecule has 46 heavy (non-hydrogen) atoms. The zero-order valence-corrected chi connectivity index (χ0v) is 26.7. The Bertz CT molecular complexity index is 1500. The largest absolute Gasteiger partial charge is 0.444 e. The Morgan fingerprint density at radius 3 is 2.13 bits per heavy atom. The number of piperazine rings is 1. The van der Waals surface area contributed by atoms with Crippen molar-refractivity contribution < 1.29 is 27.9 Å². The van der Waals surface area contributed by atoms with Crippen LogP contribution in [0, 0.1) is 11.6 Å². The van der Waals surface area contributed by atoms with Crippen LogP contribution < -0.4 is 16.0 Å². The summed E-state index contributed by atoms with van der Waals surface area (Å²) in [5.41, 5.74) is 1.43. The summed E-state index contributed by atoms with van der Waals surface area (Å²) < 4.78 is 32.5. The zero-order valence-electron chi connectivity index (χ0n) is 26.7. The molecule has 0 radical (unpaired) electrons. The summed E-state index contributed by atoms with van der Waals surface area (Å²) in [4.78, 5) is 44.9. The molecule has 0 atom stereocenters. The molecule has 12 heteroatoms. The number of carbonyl (C=O) groups is 3. The van der Waals surface area contributed by atoms with E-state index in [1.54, 1.807) is 74.2 Å². The molecule has 1 saturated heterocycles. The van der Waals surface area contributed by atoms with E-state index in [1.807, 2.05) is 0 Å². The van der Waals surface area contributed by atoms with Crippen LogP contribution in [0.5, 0.6) is 0 Å². The molecule has 1 aliphatic rings. The smallest absolute Gasteiger partial charge is 0.412 e. The van der Waals surface area contributed by atoms with Gasteiger partial charge in [0, 0.05) is 56.6 Å². The van der Waals surface area contributed by atoms with Crippen LogP contribution in [-0.2, 0) is 11.3 Å². The fraction of sp³-hybridized carbons (Fsp3) is 0.382. The minimum Gasteiger partial charge on any atom is -0.444 e. The second-order valence-corrected chi connectivity index (χ2v) is 12.3. The number of anilines is 3. The monoisotopic (exact) mass is 636 g/mol. The molecule has 0 aromatic heterocycles. The van der Waals surface area contributed by atoms with Crippen LogP contribution in [0.3, 0.4) is 0 Å². The SMILES string of the molecule is CN1CCN(CCCN(Cc2ccc(C(=O)Nc3ccccc3NC(=O)OC(C)(C)C)cc2)C(=O)Nc2ccc(F)c(F)c2)CC1. The van der Waals surface area contributed by atoms with Gasteiger partial charge in [0.2, 0.25) is 0 Å². The summed E-state index contributed by atoms with van der Waals surface area (Å²) in [6, 6.07) is 16.4. The van der Waals surface area contributed by atoms with Gasteiger partial charge in [-0.05, 0) is 82.7 Å². The summed E-state index contributed by atoms with van der Waals surface area (Å²) in [6.45, 7) is 10.7. The lowest BCUT2D eigenvalue weighted by molar-refractivity contribution is 0.0635. The van der Waals surface area contributed by atoms with Gasteiger partial charge in [0.1, 0.15) is 5.60 Å². The van der Waals surface area contributed by atoms with Crippen molar-refractivity contribution in [1.29, 1.82) is 0 Å². The van der Waals surface area contributed by atoms with Gasteiger partial charge in [-0.25, -0.2) is 18.4 Å². The number of nitrogens with zero attached hydrogens (tertiary/aromatic N) is 3. The summed E-state index contributed by atoms with van der Waals surface area (Å²) in [7, 11) is 2.10.